The van der Waals surface area contributed by atoms with Crippen molar-refractivity contribution in [2.45, 2.75) is 52.0 Å². The number of aliphatic carboxylic acids is 1. The first kappa shape index (κ1) is 15.9. The topological polar surface area (TPSA) is 75.6 Å². The van der Waals surface area contributed by atoms with Gasteiger partial charge < -0.3 is 15.2 Å². The number of carbonyl (C=O) groups is 2. The van der Waals surface area contributed by atoms with E-state index >= 15 is 0 Å². The van der Waals surface area contributed by atoms with Crippen LogP contribution in [-0.2, 0) is 14.3 Å². The normalized spacial score (nSPS) is 12.1. The van der Waals surface area contributed by atoms with Gasteiger partial charge in [-0.1, -0.05) is 32.6 Å². The number of hydrogen-bond acceptors (Lipinski definition) is 3. The van der Waals surface area contributed by atoms with Gasteiger partial charge in [0.05, 0.1) is 0 Å². The number of carbonyl (C=O) groups excluding carboxylic acids is 1. The first-order valence-electron chi connectivity index (χ1n) is 6.21. The summed E-state index contributed by atoms with van der Waals surface area (Å²) in [7, 11) is 0. The molecule has 5 heteroatoms. The van der Waals surface area contributed by atoms with E-state index in [-0.39, 0.29) is 12.5 Å². The number of rotatable bonds is 10. The Morgan fingerprint density at radius 1 is 1.24 bits per heavy atom. The summed E-state index contributed by atoms with van der Waals surface area (Å²) < 4.78 is 4.91. The van der Waals surface area contributed by atoms with Crippen molar-refractivity contribution in [1.82, 2.24) is 5.32 Å². The van der Waals surface area contributed by atoms with Crippen LogP contribution < -0.4 is 5.32 Å². The summed E-state index contributed by atoms with van der Waals surface area (Å²) in [6.45, 7) is 4.25. The molecule has 0 aliphatic rings. The Labute approximate surface area is 103 Å². The molecule has 1 atom stereocenters. The van der Waals surface area contributed by atoms with E-state index < -0.39 is 12.0 Å². The van der Waals surface area contributed by atoms with Crippen LogP contribution in [0.3, 0.4) is 0 Å². The smallest absolute Gasteiger partial charge is 0.326 e. The van der Waals surface area contributed by atoms with Gasteiger partial charge in [-0.2, -0.15) is 0 Å². The SMILES string of the molecule is CCCCCC[C@H](NC(=O)COCC)C(=O)O. The maximum Gasteiger partial charge on any atom is 0.326 e. The highest BCUT2D eigenvalue weighted by Crippen LogP contribution is 2.05. The summed E-state index contributed by atoms with van der Waals surface area (Å²) in [4.78, 5) is 22.2. The zero-order valence-electron chi connectivity index (χ0n) is 10.7. The quantitative estimate of drug-likeness (QED) is 0.573. The molecule has 0 spiro atoms. The zero-order chi connectivity index (χ0) is 13.1. The Bertz CT molecular complexity index is 231. The maximum atomic E-state index is 11.3. The lowest BCUT2D eigenvalue weighted by molar-refractivity contribution is -0.142. The van der Waals surface area contributed by atoms with Gasteiger partial charge in [0.25, 0.3) is 0 Å². The van der Waals surface area contributed by atoms with Gasteiger partial charge in [0.15, 0.2) is 0 Å². The van der Waals surface area contributed by atoms with Crippen molar-refractivity contribution in [1.29, 1.82) is 0 Å². The van der Waals surface area contributed by atoms with Crippen LogP contribution in [0.5, 0.6) is 0 Å². The molecule has 0 radical (unpaired) electrons. The second kappa shape index (κ2) is 10.1. The number of hydrogen-bond donors (Lipinski definition) is 2. The fourth-order valence-electron chi connectivity index (χ4n) is 1.46. The monoisotopic (exact) mass is 245 g/mol. The number of amides is 1. The minimum atomic E-state index is -0.980. The summed E-state index contributed by atoms with van der Waals surface area (Å²) >= 11 is 0. The minimum Gasteiger partial charge on any atom is -0.480 e. The maximum absolute atomic E-state index is 11.3. The minimum absolute atomic E-state index is 0.0742. The van der Waals surface area contributed by atoms with E-state index in [1.165, 1.54) is 0 Å². The van der Waals surface area contributed by atoms with Crippen LogP contribution in [0.1, 0.15) is 46.0 Å². The Morgan fingerprint density at radius 2 is 1.94 bits per heavy atom. The molecule has 100 valence electrons. The van der Waals surface area contributed by atoms with E-state index in [1.54, 1.807) is 6.92 Å². The van der Waals surface area contributed by atoms with Crippen LogP contribution >= 0.6 is 0 Å². The van der Waals surface area contributed by atoms with Gasteiger partial charge in [-0.25, -0.2) is 4.79 Å². The van der Waals surface area contributed by atoms with E-state index in [4.69, 9.17) is 9.84 Å². The van der Waals surface area contributed by atoms with Crippen LogP contribution in [0, 0.1) is 0 Å². The second-order valence-electron chi connectivity index (χ2n) is 3.94. The van der Waals surface area contributed by atoms with Crippen molar-refractivity contribution in [3.63, 3.8) is 0 Å². The molecule has 1 amide bonds. The summed E-state index contributed by atoms with van der Waals surface area (Å²) in [6.07, 6.45) is 4.50. The first-order valence-corrected chi connectivity index (χ1v) is 6.21. The van der Waals surface area contributed by atoms with Gasteiger partial charge in [-0.05, 0) is 13.3 Å². The van der Waals surface area contributed by atoms with E-state index in [2.05, 4.69) is 12.2 Å². The molecule has 0 unspecified atom stereocenters. The summed E-state index contributed by atoms with van der Waals surface area (Å²) in [5, 5.41) is 11.4. The number of carboxylic acid groups (broad SMARTS) is 1. The second-order valence-corrected chi connectivity index (χ2v) is 3.94. The van der Waals surface area contributed by atoms with Crippen molar-refractivity contribution in [2.24, 2.45) is 0 Å². The van der Waals surface area contributed by atoms with Crippen LogP contribution in [0.25, 0.3) is 0 Å². The average molecular weight is 245 g/mol. The Kier molecular flexibility index (Phi) is 9.43. The van der Waals surface area contributed by atoms with Crippen LogP contribution in [-0.4, -0.2) is 36.2 Å². The lowest BCUT2D eigenvalue weighted by Crippen LogP contribution is -2.42. The predicted molar refractivity (Wildman–Crippen MR) is 64.8 cm³/mol. The lowest BCUT2D eigenvalue weighted by atomic mass is 10.1. The number of nitrogens with one attached hydrogen (secondary N) is 1. The van der Waals surface area contributed by atoms with Crippen molar-refractivity contribution < 1.29 is 19.4 Å². The molecule has 0 heterocycles. The van der Waals surface area contributed by atoms with E-state index in [0.717, 1.165) is 25.7 Å². The fraction of sp³-hybridized carbons (Fsp3) is 0.833. The Hall–Kier alpha value is -1.10. The van der Waals surface area contributed by atoms with Gasteiger partial charge >= 0.3 is 5.97 Å². The van der Waals surface area contributed by atoms with Crippen molar-refractivity contribution >= 4 is 11.9 Å². The van der Waals surface area contributed by atoms with E-state index in [1.807, 2.05) is 0 Å². The third kappa shape index (κ3) is 8.68. The molecule has 0 saturated carbocycles. The summed E-state index contributed by atoms with van der Waals surface area (Å²) in [5.74, 6) is -1.35. The van der Waals surface area contributed by atoms with Crippen LogP contribution in [0.4, 0.5) is 0 Å². The fourth-order valence-corrected chi connectivity index (χ4v) is 1.46. The molecular formula is C12H23NO4. The highest BCUT2D eigenvalue weighted by Gasteiger charge is 2.18. The van der Waals surface area contributed by atoms with Crippen molar-refractivity contribution in [3.05, 3.63) is 0 Å². The molecule has 0 aliphatic heterocycles. The predicted octanol–water partition coefficient (Wildman–Crippen LogP) is 1.56. The molecule has 0 saturated heterocycles. The molecule has 2 N–H and O–H groups in total. The standard InChI is InChI=1S/C12H23NO4/c1-3-5-6-7-8-10(12(15)16)13-11(14)9-17-4-2/h10H,3-9H2,1-2H3,(H,13,14)(H,15,16)/t10-/m0/s1. The molecule has 0 fully saturated rings. The molecule has 5 nitrogen and oxygen atoms in total. The van der Waals surface area contributed by atoms with Gasteiger partial charge in [-0.3, -0.25) is 4.79 Å². The molecule has 0 aromatic heterocycles. The average Bonchev–Trinajstić information content (AvgIpc) is 2.30. The van der Waals surface area contributed by atoms with Gasteiger partial charge in [-0.15, -0.1) is 0 Å². The summed E-state index contributed by atoms with van der Waals surface area (Å²) in [5.41, 5.74) is 0. The van der Waals surface area contributed by atoms with Gasteiger partial charge in [0.1, 0.15) is 12.6 Å². The van der Waals surface area contributed by atoms with Crippen LogP contribution in [0.2, 0.25) is 0 Å². The molecule has 0 aromatic rings. The molecular weight excluding hydrogens is 222 g/mol. The zero-order valence-corrected chi connectivity index (χ0v) is 10.7. The number of carboxylic acids is 1. The largest absolute Gasteiger partial charge is 0.480 e. The van der Waals surface area contributed by atoms with Gasteiger partial charge in [0.2, 0.25) is 5.91 Å². The third-order valence-electron chi connectivity index (χ3n) is 2.42. The molecule has 0 rings (SSSR count). The molecule has 0 bridgehead atoms. The van der Waals surface area contributed by atoms with Gasteiger partial charge in [0, 0.05) is 6.61 Å². The van der Waals surface area contributed by atoms with Crippen molar-refractivity contribution in [3.8, 4) is 0 Å². The molecule has 17 heavy (non-hydrogen) atoms. The lowest BCUT2D eigenvalue weighted by Gasteiger charge is -2.14. The molecule has 0 aliphatic carbocycles. The van der Waals surface area contributed by atoms with Crippen molar-refractivity contribution in [2.75, 3.05) is 13.2 Å². The Balaban J connectivity index is 3.89. The van der Waals surface area contributed by atoms with E-state index in [0.29, 0.717) is 13.0 Å². The first-order chi connectivity index (χ1) is 8.11. The number of ether oxygens (including phenoxy) is 1. The number of unbranched alkanes of at least 4 members (excludes halogenated alkanes) is 3. The highest BCUT2D eigenvalue weighted by molar-refractivity contribution is 5.84. The Morgan fingerprint density at radius 3 is 2.47 bits per heavy atom. The van der Waals surface area contributed by atoms with E-state index in [9.17, 15) is 9.59 Å². The highest BCUT2D eigenvalue weighted by atomic mass is 16.5. The van der Waals surface area contributed by atoms with Crippen LogP contribution in [0.15, 0.2) is 0 Å². The molecule has 0 aromatic carbocycles. The third-order valence-corrected chi connectivity index (χ3v) is 2.42. The summed E-state index contributed by atoms with van der Waals surface area (Å²) in [6, 6.07) is -0.792.